The highest BCUT2D eigenvalue weighted by atomic mass is 32.2. The van der Waals surface area contributed by atoms with Crippen LogP contribution in [0.3, 0.4) is 0 Å². The molecule has 0 fully saturated rings. The molecule has 0 aliphatic rings. The van der Waals surface area contributed by atoms with Crippen molar-refractivity contribution in [3.8, 4) is 5.75 Å². The Balaban J connectivity index is 1.78. The highest BCUT2D eigenvalue weighted by Gasteiger charge is 2.17. The van der Waals surface area contributed by atoms with Gasteiger partial charge in [0, 0.05) is 11.8 Å². The molecule has 8 heteroatoms. The Morgan fingerprint density at radius 2 is 1.85 bits per heavy atom. The number of benzene rings is 2. The number of nitrogens with one attached hydrogen (secondary N) is 2. The van der Waals surface area contributed by atoms with Gasteiger partial charge >= 0.3 is 0 Å². The van der Waals surface area contributed by atoms with Gasteiger partial charge < -0.3 is 10.4 Å². The van der Waals surface area contributed by atoms with Crippen LogP contribution < -0.4 is 10.0 Å². The van der Waals surface area contributed by atoms with Crippen molar-refractivity contribution in [2.24, 2.45) is 0 Å². The molecular weight excluding hydrogens is 372 g/mol. The summed E-state index contributed by atoms with van der Waals surface area (Å²) in [5.74, 6) is -0.803. The lowest BCUT2D eigenvalue weighted by Gasteiger charge is -2.10. The maximum Gasteiger partial charge on any atom is 0.271 e. The van der Waals surface area contributed by atoms with E-state index in [1.807, 2.05) is 19.1 Å². The van der Waals surface area contributed by atoms with Gasteiger partial charge in [0.1, 0.15) is 9.96 Å². The van der Waals surface area contributed by atoms with Gasteiger partial charge in [0.15, 0.2) is 0 Å². The van der Waals surface area contributed by atoms with E-state index in [9.17, 15) is 18.3 Å². The molecule has 1 heterocycles. The topological polar surface area (TPSA) is 95.5 Å². The zero-order valence-electron chi connectivity index (χ0n) is 13.8. The Labute approximate surface area is 155 Å². The van der Waals surface area contributed by atoms with Crippen LogP contribution in [0.1, 0.15) is 15.9 Å². The van der Waals surface area contributed by atoms with Crippen molar-refractivity contribution >= 4 is 38.6 Å². The fourth-order valence-electron chi connectivity index (χ4n) is 2.33. The first-order valence-electron chi connectivity index (χ1n) is 7.62. The summed E-state index contributed by atoms with van der Waals surface area (Å²) in [5, 5.41) is 14.5. The van der Waals surface area contributed by atoms with Gasteiger partial charge in [0.05, 0.1) is 11.3 Å². The molecule has 134 valence electrons. The summed E-state index contributed by atoms with van der Waals surface area (Å²) in [4.78, 5) is 12.3. The third-order valence-corrected chi connectivity index (χ3v) is 6.31. The predicted octanol–water partition coefficient (Wildman–Crippen LogP) is 3.82. The normalized spacial score (nSPS) is 11.1. The van der Waals surface area contributed by atoms with Gasteiger partial charge in [-0.2, -0.15) is 0 Å². The Morgan fingerprint density at radius 3 is 2.50 bits per heavy atom. The average molecular weight is 388 g/mol. The average Bonchev–Trinajstić information content (AvgIpc) is 3.10. The first-order chi connectivity index (χ1) is 12.3. The molecule has 0 atom stereocenters. The van der Waals surface area contributed by atoms with Crippen LogP contribution in [0.15, 0.2) is 64.2 Å². The fraction of sp³-hybridized carbons (Fsp3) is 0.0556. The number of thiophene rings is 1. The van der Waals surface area contributed by atoms with Crippen LogP contribution >= 0.6 is 11.3 Å². The van der Waals surface area contributed by atoms with Crippen LogP contribution in [0.2, 0.25) is 0 Å². The van der Waals surface area contributed by atoms with Crippen LogP contribution in [0, 0.1) is 6.92 Å². The van der Waals surface area contributed by atoms with Crippen molar-refractivity contribution in [1.82, 2.24) is 0 Å². The molecule has 1 aromatic heterocycles. The number of sulfonamides is 1. The van der Waals surface area contributed by atoms with E-state index in [1.165, 1.54) is 24.3 Å². The van der Waals surface area contributed by atoms with Crippen molar-refractivity contribution in [1.29, 1.82) is 0 Å². The van der Waals surface area contributed by atoms with E-state index < -0.39 is 15.9 Å². The molecule has 0 bridgehead atoms. The first-order valence-corrected chi connectivity index (χ1v) is 9.99. The minimum atomic E-state index is -3.72. The van der Waals surface area contributed by atoms with Gasteiger partial charge in [0.25, 0.3) is 15.9 Å². The lowest BCUT2D eigenvalue weighted by atomic mass is 10.1. The Hall–Kier alpha value is -2.84. The summed E-state index contributed by atoms with van der Waals surface area (Å²) in [6.45, 7) is 1.90. The maximum atomic E-state index is 12.3. The number of amides is 1. The number of hydrogen-bond donors (Lipinski definition) is 3. The highest BCUT2D eigenvalue weighted by molar-refractivity contribution is 7.94. The first kappa shape index (κ1) is 18.0. The zero-order valence-corrected chi connectivity index (χ0v) is 15.4. The second kappa shape index (κ2) is 7.19. The lowest BCUT2D eigenvalue weighted by molar-refractivity contribution is 0.102. The number of rotatable bonds is 5. The number of carbonyl (C=O) groups is 1. The molecule has 3 aromatic rings. The summed E-state index contributed by atoms with van der Waals surface area (Å²) in [6.07, 6.45) is 0. The number of hydrogen-bond acceptors (Lipinski definition) is 5. The van der Waals surface area contributed by atoms with E-state index in [1.54, 1.807) is 23.6 Å². The molecule has 26 heavy (non-hydrogen) atoms. The third-order valence-electron chi connectivity index (χ3n) is 3.53. The van der Waals surface area contributed by atoms with E-state index in [0.29, 0.717) is 5.69 Å². The molecule has 0 aliphatic carbocycles. The van der Waals surface area contributed by atoms with Crippen molar-refractivity contribution in [2.75, 3.05) is 10.0 Å². The zero-order chi connectivity index (χ0) is 18.7. The second-order valence-corrected chi connectivity index (χ2v) is 8.45. The number of carbonyl (C=O) groups excluding carboxylic acids is 1. The molecule has 0 spiro atoms. The van der Waals surface area contributed by atoms with E-state index in [2.05, 4.69) is 10.0 Å². The molecule has 0 unspecified atom stereocenters. The van der Waals surface area contributed by atoms with Crippen LogP contribution in [-0.4, -0.2) is 19.4 Å². The summed E-state index contributed by atoms with van der Waals surface area (Å²) < 4.78 is 26.9. The van der Waals surface area contributed by atoms with Crippen molar-refractivity contribution in [3.05, 3.63) is 71.1 Å². The molecule has 0 saturated carbocycles. The minimum absolute atomic E-state index is 0.0468. The lowest BCUT2D eigenvalue weighted by Crippen LogP contribution is -2.14. The largest absolute Gasteiger partial charge is 0.507 e. The molecular formula is C18H16N2O4S2. The van der Waals surface area contributed by atoms with Gasteiger partial charge in [-0.1, -0.05) is 18.2 Å². The Morgan fingerprint density at radius 1 is 1.04 bits per heavy atom. The van der Waals surface area contributed by atoms with E-state index in [-0.39, 0.29) is 21.2 Å². The summed E-state index contributed by atoms with van der Waals surface area (Å²) in [6, 6.07) is 14.4. The van der Waals surface area contributed by atoms with Crippen LogP contribution in [0.5, 0.6) is 5.75 Å². The van der Waals surface area contributed by atoms with Gasteiger partial charge in [-0.25, -0.2) is 8.42 Å². The Bertz CT molecular complexity index is 1040. The molecule has 6 nitrogen and oxygen atoms in total. The van der Waals surface area contributed by atoms with Gasteiger partial charge in [-0.05, 0) is 48.2 Å². The van der Waals surface area contributed by atoms with E-state index in [0.717, 1.165) is 16.9 Å². The molecule has 0 saturated heterocycles. The number of aromatic hydroxyl groups is 1. The summed E-state index contributed by atoms with van der Waals surface area (Å²) in [5.41, 5.74) is 1.82. The Kier molecular flexibility index (Phi) is 4.97. The maximum absolute atomic E-state index is 12.3. The number of phenolic OH excluding ortho intramolecular Hbond substituents is 1. The van der Waals surface area contributed by atoms with Crippen LogP contribution in [0.25, 0.3) is 0 Å². The molecule has 0 radical (unpaired) electrons. The van der Waals surface area contributed by atoms with Gasteiger partial charge in [0.2, 0.25) is 0 Å². The smallest absolute Gasteiger partial charge is 0.271 e. The quantitative estimate of drug-likeness (QED) is 0.619. The van der Waals surface area contributed by atoms with Crippen LogP contribution in [0.4, 0.5) is 11.4 Å². The van der Waals surface area contributed by atoms with E-state index >= 15 is 0 Å². The fourth-order valence-corrected chi connectivity index (χ4v) is 4.37. The van der Waals surface area contributed by atoms with Crippen LogP contribution in [-0.2, 0) is 10.0 Å². The summed E-state index contributed by atoms with van der Waals surface area (Å²) in [7, 11) is -3.72. The highest BCUT2D eigenvalue weighted by Crippen LogP contribution is 2.26. The number of aryl methyl sites for hydroxylation is 1. The van der Waals surface area contributed by atoms with Gasteiger partial charge in [-0.15, -0.1) is 11.3 Å². The SMILES string of the molecule is Cc1cccc(NC(=O)c2ccc(NS(=O)(=O)c3cccs3)cc2O)c1. The van der Waals surface area contributed by atoms with Crippen molar-refractivity contribution in [2.45, 2.75) is 11.1 Å². The second-order valence-electron chi connectivity index (χ2n) is 5.59. The molecule has 3 N–H and O–H groups in total. The monoisotopic (exact) mass is 388 g/mol. The standard InChI is InChI=1S/C18H16N2O4S2/c1-12-4-2-5-13(10-12)19-18(22)15-8-7-14(11-16(15)21)20-26(23,24)17-6-3-9-25-17/h2-11,20-21H,1H3,(H,19,22). The van der Waals surface area contributed by atoms with Crippen molar-refractivity contribution < 1.29 is 18.3 Å². The molecule has 0 aliphatic heterocycles. The van der Waals surface area contributed by atoms with E-state index in [4.69, 9.17) is 0 Å². The predicted molar refractivity (Wildman–Crippen MR) is 102 cm³/mol. The number of anilines is 2. The van der Waals surface area contributed by atoms with Gasteiger partial charge in [-0.3, -0.25) is 9.52 Å². The minimum Gasteiger partial charge on any atom is -0.507 e. The molecule has 3 rings (SSSR count). The van der Waals surface area contributed by atoms with Crippen molar-refractivity contribution in [3.63, 3.8) is 0 Å². The summed E-state index contributed by atoms with van der Waals surface area (Å²) >= 11 is 1.09. The third kappa shape index (κ3) is 4.04. The molecule has 1 amide bonds. The number of phenols is 1. The molecule has 2 aromatic carbocycles.